The van der Waals surface area contributed by atoms with Gasteiger partial charge in [0.05, 0.1) is 6.61 Å². The number of ether oxygens (including phenoxy) is 1. The first-order chi connectivity index (χ1) is 7.72. The summed E-state index contributed by atoms with van der Waals surface area (Å²) < 4.78 is 19.2. The predicted molar refractivity (Wildman–Crippen MR) is 71.9 cm³/mol. The fourth-order valence-corrected chi connectivity index (χ4v) is 2.04. The van der Waals surface area contributed by atoms with Gasteiger partial charge in [0.2, 0.25) is 0 Å². The van der Waals surface area contributed by atoms with Crippen LogP contribution in [-0.4, -0.2) is 12.4 Å². The maximum Gasteiger partial charge on any atom is 0.128 e. The van der Waals surface area contributed by atoms with Crippen molar-refractivity contribution in [3.63, 3.8) is 0 Å². The first kappa shape index (κ1) is 13.8. The Labute approximate surface area is 110 Å². The van der Waals surface area contributed by atoms with E-state index in [1.165, 1.54) is 18.6 Å². The lowest BCUT2D eigenvalue weighted by molar-refractivity contribution is 0.303. The number of halogens is 2. The first-order valence-electron chi connectivity index (χ1n) is 5.42. The Morgan fingerprint density at radius 1 is 1.12 bits per heavy atom. The highest BCUT2D eigenvalue weighted by Gasteiger charge is 1.99. The minimum atomic E-state index is -0.278. The van der Waals surface area contributed by atoms with Crippen molar-refractivity contribution >= 4 is 28.6 Å². The standard InChI is InChI=1S/C12H16BrFOS/c13-10-7-11(14)9-12(8-10)15-5-3-1-2-4-6-16/h7-9,16H,1-6H2. The van der Waals surface area contributed by atoms with E-state index >= 15 is 0 Å². The fourth-order valence-electron chi connectivity index (χ4n) is 1.37. The molecular weight excluding hydrogens is 291 g/mol. The molecule has 0 N–H and O–H groups in total. The van der Waals surface area contributed by atoms with Crippen LogP contribution in [0, 0.1) is 5.82 Å². The van der Waals surface area contributed by atoms with Gasteiger partial charge in [-0.25, -0.2) is 4.39 Å². The van der Waals surface area contributed by atoms with Gasteiger partial charge < -0.3 is 4.74 Å². The highest BCUT2D eigenvalue weighted by atomic mass is 79.9. The van der Waals surface area contributed by atoms with E-state index in [9.17, 15) is 4.39 Å². The van der Waals surface area contributed by atoms with Crippen molar-refractivity contribution in [3.8, 4) is 5.75 Å². The first-order valence-corrected chi connectivity index (χ1v) is 6.84. The van der Waals surface area contributed by atoms with Crippen LogP contribution < -0.4 is 4.74 Å². The summed E-state index contributed by atoms with van der Waals surface area (Å²) in [6.07, 6.45) is 4.47. The molecule has 0 heterocycles. The normalized spacial score (nSPS) is 10.4. The van der Waals surface area contributed by atoms with E-state index in [2.05, 4.69) is 28.6 Å². The van der Waals surface area contributed by atoms with Gasteiger partial charge in [-0.15, -0.1) is 0 Å². The van der Waals surface area contributed by atoms with Crippen molar-refractivity contribution in [1.29, 1.82) is 0 Å². The van der Waals surface area contributed by atoms with Gasteiger partial charge in [-0.3, -0.25) is 0 Å². The molecule has 0 saturated carbocycles. The van der Waals surface area contributed by atoms with Crippen LogP contribution in [0.5, 0.6) is 5.75 Å². The van der Waals surface area contributed by atoms with Crippen LogP contribution in [0.1, 0.15) is 25.7 Å². The van der Waals surface area contributed by atoms with E-state index in [1.807, 2.05) is 0 Å². The van der Waals surface area contributed by atoms with Gasteiger partial charge in [0.15, 0.2) is 0 Å². The molecule has 0 saturated heterocycles. The van der Waals surface area contributed by atoms with Crippen molar-refractivity contribution in [2.24, 2.45) is 0 Å². The van der Waals surface area contributed by atoms with Crippen molar-refractivity contribution < 1.29 is 9.13 Å². The molecule has 0 fully saturated rings. The van der Waals surface area contributed by atoms with Crippen LogP contribution in [0.15, 0.2) is 22.7 Å². The fraction of sp³-hybridized carbons (Fsp3) is 0.500. The lowest BCUT2D eigenvalue weighted by Gasteiger charge is -2.06. The summed E-state index contributed by atoms with van der Waals surface area (Å²) in [7, 11) is 0. The number of unbranched alkanes of at least 4 members (excludes halogenated alkanes) is 3. The van der Waals surface area contributed by atoms with Crippen molar-refractivity contribution in [2.75, 3.05) is 12.4 Å². The largest absolute Gasteiger partial charge is 0.493 e. The maximum atomic E-state index is 13.0. The van der Waals surface area contributed by atoms with Crippen molar-refractivity contribution in [3.05, 3.63) is 28.5 Å². The topological polar surface area (TPSA) is 9.23 Å². The third-order valence-electron chi connectivity index (χ3n) is 2.16. The summed E-state index contributed by atoms with van der Waals surface area (Å²) >= 11 is 7.37. The van der Waals surface area contributed by atoms with Gasteiger partial charge in [-0.1, -0.05) is 28.8 Å². The van der Waals surface area contributed by atoms with Gasteiger partial charge in [0.1, 0.15) is 11.6 Å². The molecule has 0 aliphatic rings. The van der Waals surface area contributed by atoms with Crippen LogP contribution in [0.2, 0.25) is 0 Å². The molecule has 1 aromatic carbocycles. The lowest BCUT2D eigenvalue weighted by Crippen LogP contribution is -1.97. The summed E-state index contributed by atoms with van der Waals surface area (Å²) in [6.45, 7) is 0.641. The Morgan fingerprint density at radius 2 is 1.88 bits per heavy atom. The van der Waals surface area contributed by atoms with E-state index in [0.717, 1.165) is 25.0 Å². The van der Waals surface area contributed by atoms with Gasteiger partial charge in [-0.2, -0.15) is 12.6 Å². The SMILES string of the molecule is Fc1cc(Br)cc(OCCCCCCS)c1. The molecule has 1 aromatic rings. The smallest absolute Gasteiger partial charge is 0.128 e. The van der Waals surface area contributed by atoms with Crippen LogP contribution in [0.4, 0.5) is 4.39 Å². The van der Waals surface area contributed by atoms with Gasteiger partial charge in [0, 0.05) is 10.5 Å². The van der Waals surface area contributed by atoms with E-state index in [4.69, 9.17) is 4.74 Å². The molecule has 16 heavy (non-hydrogen) atoms. The third kappa shape index (κ3) is 5.75. The molecule has 0 spiro atoms. The molecule has 4 heteroatoms. The summed E-state index contributed by atoms with van der Waals surface area (Å²) in [6, 6.07) is 4.59. The molecule has 0 atom stereocenters. The minimum Gasteiger partial charge on any atom is -0.493 e. The summed E-state index contributed by atoms with van der Waals surface area (Å²) in [4.78, 5) is 0. The molecule has 1 rings (SSSR count). The van der Waals surface area contributed by atoms with Crippen molar-refractivity contribution in [2.45, 2.75) is 25.7 Å². The molecule has 0 aliphatic carbocycles. The van der Waals surface area contributed by atoms with Gasteiger partial charge >= 0.3 is 0 Å². The second-order valence-electron chi connectivity index (χ2n) is 3.59. The number of hydrogen-bond donors (Lipinski definition) is 1. The number of benzene rings is 1. The zero-order chi connectivity index (χ0) is 11.8. The zero-order valence-electron chi connectivity index (χ0n) is 9.09. The van der Waals surface area contributed by atoms with Crippen LogP contribution >= 0.6 is 28.6 Å². The molecule has 90 valence electrons. The Balaban J connectivity index is 2.21. The number of thiol groups is 1. The van der Waals surface area contributed by atoms with Crippen LogP contribution in [0.3, 0.4) is 0 Å². The van der Waals surface area contributed by atoms with E-state index in [-0.39, 0.29) is 5.82 Å². The molecule has 0 aliphatic heterocycles. The quantitative estimate of drug-likeness (QED) is 0.578. The molecular formula is C12H16BrFOS. The maximum absolute atomic E-state index is 13.0. The molecule has 0 radical (unpaired) electrons. The Kier molecular flexibility index (Phi) is 6.88. The molecule has 1 nitrogen and oxygen atoms in total. The lowest BCUT2D eigenvalue weighted by atomic mass is 10.2. The molecule has 0 amide bonds. The summed E-state index contributed by atoms with van der Waals surface area (Å²) in [5.41, 5.74) is 0. The summed E-state index contributed by atoms with van der Waals surface area (Å²) in [5.74, 6) is 1.25. The third-order valence-corrected chi connectivity index (χ3v) is 2.93. The number of rotatable bonds is 7. The van der Waals surface area contributed by atoms with Crippen molar-refractivity contribution in [1.82, 2.24) is 0 Å². The second kappa shape index (κ2) is 7.96. The monoisotopic (exact) mass is 306 g/mol. The Hall–Kier alpha value is -0.220. The number of hydrogen-bond acceptors (Lipinski definition) is 2. The second-order valence-corrected chi connectivity index (χ2v) is 4.95. The van der Waals surface area contributed by atoms with E-state index in [0.29, 0.717) is 16.8 Å². The predicted octanol–water partition coefficient (Wildman–Crippen LogP) is 4.46. The van der Waals surface area contributed by atoms with E-state index < -0.39 is 0 Å². The highest BCUT2D eigenvalue weighted by molar-refractivity contribution is 9.10. The van der Waals surface area contributed by atoms with E-state index in [1.54, 1.807) is 6.07 Å². The average Bonchev–Trinajstić information content (AvgIpc) is 2.22. The summed E-state index contributed by atoms with van der Waals surface area (Å²) in [5, 5.41) is 0. The Bertz CT molecular complexity index is 300. The Morgan fingerprint density at radius 3 is 2.56 bits per heavy atom. The van der Waals surface area contributed by atoms with Crippen LogP contribution in [-0.2, 0) is 0 Å². The minimum absolute atomic E-state index is 0.278. The van der Waals surface area contributed by atoms with Gasteiger partial charge in [0.25, 0.3) is 0 Å². The zero-order valence-corrected chi connectivity index (χ0v) is 11.6. The van der Waals surface area contributed by atoms with Gasteiger partial charge in [-0.05, 0) is 30.7 Å². The van der Waals surface area contributed by atoms with Crippen LogP contribution in [0.25, 0.3) is 0 Å². The average molecular weight is 307 g/mol. The molecule has 0 bridgehead atoms. The molecule has 0 aromatic heterocycles. The molecule has 0 unspecified atom stereocenters. The highest BCUT2D eigenvalue weighted by Crippen LogP contribution is 2.20.